The fourth-order valence-corrected chi connectivity index (χ4v) is 1.34. The highest BCUT2D eigenvalue weighted by atomic mass is 32.1. The predicted molar refractivity (Wildman–Crippen MR) is 44.2 cm³/mol. The number of halogens is 1. The first-order valence-corrected chi connectivity index (χ1v) is 4.32. The molecule has 0 aliphatic carbocycles. The highest BCUT2D eigenvalue weighted by molar-refractivity contribution is 7.07. The van der Waals surface area contributed by atoms with Gasteiger partial charge in [-0.05, 0) is 13.8 Å². The fourth-order valence-electron chi connectivity index (χ4n) is 0.687. The molecule has 0 saturated heterocycles. The number of aromatic nitrogens is 1. The molecule has 0 amide bonds. The number of thiazole rings is 1. The molecule has 0 spiro atoms. The van der Waals surface area contributed by atoms with Gasteiger partial charge in [0.15, 0.2) is 5.67 Å². The Balaban J connectivity index is 2.90. The van der Waals surface area contributed by atoms with Crippen LogP contribution in [0.1, 0.15) is 19.5 Å². The van der Waals surface area contributed by atoms with Crippen LogP contribution < -0.4 is 5.73 Å². The van der Waals surface area contributed by atoms with E-state index in [-0.39, 0.29) is 0 Å². The molecule has 0 saturated carbocycles. The Morgan fingerprint density at radius 3 is 2.82 bits per heavy atom. The van der Waals surface area contributed by atoms with Gasteiger partial charge in [-0.15, -0.1) is 11.3 Å². The van der Waals surface area contributed by atoms with E-state index in [1.165, 1.54) is 18.3 Å². The topological polar surface area (TPSA) is 38.9 Å². The van der Waals surface area contributed by atoms with E-state index in [1.54, 1.807) is 17.8 Å². The Morgan fingerprint density at radius 2 is 2.45 bits per heavy atom. The summed E-state index contributed by atoms with van der Waals surface area (Å²) in [4.78, 5) is 3.87. The molecule has 4 heteroatoms. The van der Waals surface area contributed by atoms with Crippen LogP contribution in [0.5, 0.6) is 0 Å². The molecule has 0 aliphatic heterocycles. The number of hydrogen-bond donors (Lipinski definition) is 1. The van der Waals surface area contributed by atoms with E-state index < -0.39 is 11.7 Å². The lowest BCUT2D eigenvalue weighted by Gasteiger charge is -2.21. The molecule has 1 rings (SSSR count). The zero-order valence-corrected chi connectivity index (χ0v) is 7.36. The molecule has 0 aliphatic rings. The second-order valence-corrected chi connectivity index (χ2v) is 3.46. The lowest BCUT2D eigenvalue weighted by molar-refractivity contribution is 0.152. The zero-order valence-electron chi connectivity index (χ0n) is 6.54. The van der Waals surface area contributed by atoms with Crippen LogP contribution in [-0.4, -0.2) is 11.0 Å². The first-order chi connectivity index (χ1) is 5.05. The number of hydrogen-bond acceptors (Lipinski definition) is 3. The maximum atomic E-state index is 13.6. The molecule has 1 aromatic heterocycles. The van der Waals surface area contributed by atoms with Crippen LogP contribution in [0, 0.1) is 0 Å². The molecule has 2 nitrogen and oxygen atoms in total. The van der Waals surface area contributed by atoms with Gasteiger partial charge in [-0.1, -0.05) is 0 Å². The van der Waals surface area contributed by atoms with E-state index in [9.17, 15) is 4.39 Å². The van der Waals surface area contributed by atoms with Gasteiger partial charge in [0.05, 0.1) is 11.2 Å². The standard InChI is InChI=1S/C7H11FN2S/c1-5(9)7(2,8)6-3-11-4-10-6/h3-5H,9H2,1-2H3. The van der Waals surface area contributed by atoms with Crippen molar-refractivity contribution >= 4 is 11.3 Å². The average Bonchev–Trinajstić information content (AvgIpc) is 2.37. The van der Waals surface area contributed by atoms with Gasteiger partial charge in [0, 0.05) is 11.4 Å². The highest BCUT2D eigenvalue weighted by Crippen LogP contribution is 2.27. The average molecular weight is 174 g/mol. The summed E-state index contributed by atoms with van der Waals surface area (Å²) in [6.07, 6.45) is 0. The van der Waals surface area contributed by atoms with Crippen LogP contribution in [-0.2, 0) is 5.67 Å². The summed E-state index contributed by atoms with van der Waals surface area (Å²) >= 11 is 1.38. The first kappa shape index (κ1) is 8.62. The minimum atomic E-state index is -1.50. The Kier molecular flexibility index (Phi) is 2.25. The van der Waals surface area contributed by atoms with Crippen molar-refractivity contribution in [2.24, 2.45) is 5.73 Å². The summed E-state index contributed by atoms with van der Waals surface area (Å²) in [7, 11) is 0. The number of rotatable bonds is 2. The van der Waals surface area contributed by atoms with Crippen molar-refractivity contribution in [3.8, 4) is 0 Å². The Bertz CT molecular complexity index is 218. The monoisotopic (exact) mass is 174 g/mol. The first-order valence-electron chi connectivity index (χ1n) is 3.38. The fraction of sp³-hybridized carbons (Fsp3) is 0.571. The van der Waals surface area contributed by atoms with E-state index in [4.69, 9.17) is 5.73 Å². The van der Waals surface area contributed by atoms with Crippen molar-refractivity contribution in [3.05, 3.63) is 16.6 Å². The van der Waals surface area contributed by atoms with E-state index in [1.807, 2.05) is 0 Å². The second-order valence-electron chi connectivity index (χ2n) is 2.74. The van der Waals surface area contributed by atoms with Crippen molar-refractivity contribution < 1.29 is 4.39 Å². The highest BCUT2D eigenvalue weighted by Gasteiger charge is 2.32. The third-order valence-corrected chi connectivity index (χ3v) is 2.37. The third kappa shape index (κ3) is 1.57. The summed E-state index contributed by atoms with van der Waals surface area (Å²) < 4.78 is 13.6. The van der Waals surface area contributed by atoms with E-state index in [0.717, 1.165) is 0 Å². The van der Waals surface area contributed by atoms with Crippen LogP contribution in [0.15, 0.2) is 10.9 Å². The molecule has 0 aromatic carbocycles. The Hall–Kier alpha value is -0.480. The largest absolute Gasteiger partial charge is 0.325 e. The van der Waals surface area contributed by atoms with Crippen LogP contribution in [0.2, 0.25) is 0 Å². The van der Waals surface area contributed by atoms with Crippen LogP contribution in [0.4, 0.5) is 4.39 Å². The molecular formula is C7H11FN2S. The van der Waals surface area contributed by atoms with Crippen LogP contribution >= 0.6 is 11.3 Å². The van der Waals surface area contributed by atoms with Crippen molar-refractivity contribution in [2.45, 2.75) is 25.6 Å². The zero-order chi connectivity index (χ0) is 8.48. The lowest BCUT2D eigenvalue weighted by atomic mass is 9.98. The van der Waals surface area contributed by atoms with Crippen LogP contribution in [0.3, 0.4) is 0 Å². The number of nitrogens with zero attached hydrogens (tertiary/aromatic N) is 1. The minimum absolute atomic E-state index is 0.428. The Labute approximate surface area is 69.3 Å². The molecule has 0 bridgehead atoms. The molecule has 0 fully saturated rings. The third-order valence-electron chi connectivity index (χ3n) is 1.79. The van der Waals surface area contributed by atoms with Gasteiger partial charge in [0.2, 0.25) is 0 Å². The van der Waals surface area contributed by atoms with Gasteiger partial charge < -0.3 is 5.73 Å². The maximum absolute atomic E-state index is 13.6. The van der Waals surface area contributed by atoms with Gasteiger partial charge in [0.1, 0.15) is 0 Å². The number of alkyl halides is 1. The summed E-state index contributed by atoms with van der Waals surface area (Å²) in [5, 5.41) is 1.68. The van der Waals surface area contributed by atoms with Gasteiger partial charge >= 0.3 is 0 Å². The van der Waals surface area contributed by atoms with Crippen molar-refractivity contribution in [2.75, 3.05) is 0 Å². The summed E-state index contributed by atoms with van der Waals surface area (Å²) in [6.45, 7) is 3.09. The van der Waals surface area contributed by atoms with E-state index in [0.29, 0.717) is 5.69 Å². The smallest absolute Gasteiger partial charge is 0.165 e. The van der Waals surface area contributed by atoms with Crippen molar-refractivity contribution in [1.29, 1.82) is 0 Å². The van der Waals surface area contributed by atoms with Gasteiger partial charge in [0.25, 0.3) is 0 Å². The summed E-state index contributed by atoms with van der Waals surface area (Å²) in [5.74, 6) is 0. The van der Waals surface area contributed by atoms with Gasteiger partial charge in [-0.25, -0.2) is 9.37 Å². The molecule has 2 atom stereocenters. The van der Waals surface area contributed by atoms with Gasteiger partial charge in [-0.2, -0.15) is 0 Å². The molecule has 1 heterocycles. The molecule has 0 radical (unpaired) electrons. The normalized spacial score (nSPS) is 19.3. The quantitative estimate of drug-likeness (QED) is 0.740. The minimum Gasteiger partial charge on any atom is -0.325 e. The molecule has 1 aromatic rings. The van der Waals surface area contributed by atoms with Crippen molar-refractivity contribution in [1.82, 2.24) is 4.98 Å². The molecule has 11 heavy (non-hydrogen) atoms. The van der Waals surface area contributed by atoms with Crippen molar-refractivity contribution in [3.63, 3.8) is 0 Å². The molecular weight excluding hydrogens is 163 g/mol. The van der Waals surface area contributed by atoms with Crippen LogP contribution in [0.25, 0.3) is 0 Å². The SMILES string of the molecule is CC(N)C(C)(F)c1cscn1. The molecule has 2 N–H and O–H groups in total. The maximum Gasteiger partial charge on any atom is 0.165 e. The molecule has 2 unspecified atom stereocenters. The molecule has 62 valence electrons. The second kappa shape index (κ2) is 2.87. The van der Waals surface area contributed by atoms with E-state index >= 15 is 0 Å². The predicted octanol–water partition coefficient (Wildman–Crippen LogP) is 1.68. The number of nitrogens with two attached hydrogens (primary N) is 1. The summed E-state index contributed by atoms with van der Waals surface area (Å²) in [5.41, 5.74) is 5.99. The van der Waals surface area contributed by atoms with E-state index in [2.05, 4.69) is 4.98 Å². The summed E-state index contributed by atoms with van der Waals surface area (Å²) in [6, 6.07) is -0.524. The van der Waals surface area contributed by atoms with Gasteiger partial charge in [-0.3, -0.25) is 0 Å². The Morgan fingerprint density at radius 1 is 1.82 bits per heavy atom. The lowest BCUT2D eigenvalue weighted by Crippen LogP contribution is -2.37.